The molecule has 5 heteroatoms. The topological polar surface area (TPSA) is 71.3 Å². The minimum atomic E-state index is -0.425. The number of benzene rings is 3. The Kier molecular flexibility index (Phi) is 7.04. The first-order valence-electron chi connectivity index (χ1n) is 11.1. The first-order chi connectivity index (χ1) is 16.5. The van der Waals surface area contributed by atoms with Gasteiger partial charge in [0.25, 0.3) is 11.8 Å². The van der Waals surface area contributed by atoms with E-state index < -0.39 is 11.9 Å². The van der Waals surface area contributed by atoms with Gasteiger partial charge in [-0.05, 0) is 49.2 Å². The predicted octanol–water partition coefficient (Wildman–Crippen LogP) is 5.57. The van der Waals surface area contributed by atoms with Gasteiger partial charge in [0.15, 0.2) is 0 Å². The summed E-state index contributed by atoms with van der Waals surface area (Å²) in [5.74, 6) is -0.341. The van der Waals surface area contributed by atoms with Crippen molar-refractivity contribution >= 4 is 17.9 Å². The molecule has 1 aromatic heterocycles. The summed E-state index contributed by atoms with van der Waals surface area (Å²) in [6.45, 7) is 3.97. The van der Waals surface area contributed by atoms with Crippen molar-refractivity contribution in [1.29, 1.82) is 0 Å². The van der Waals surface area contributed by atoms with Crippen LogP contribution in [0.4, 0.5) is 0 Å². The summed E-state index contributed by atoms with van der Waals surface area (Å²) in [7, 11) is 0. The fraction of sp³-hybridized carbons (Fsp3) is 0.103. The third-order valence-corrected chi connectivity index (χ3v) is 5.46. The number of hydrogen-bond acceptors (Lipinski definition) is 3. The molecule has 0 radical (unpaired) electrons. The van der Waals surface area contributed by atoms with Gasteiger partial charge < -0.3 is 15.1 Å². The van der Waals surface area contributed by atoms with E-state index >= 15 is 0 Å². The van der Waals surface area contributed by atoms with Gasteiger partial charge in [0.2, 0.25) is 0 Å². The van der Waals surface area contributed by atoms with Crippen LogP contribution in [0.3, 0.4) is 0 Å². The summed E-state index contributed by atoms with van der Waals surface area (Å²) in [4.78, 5) is 26.4. The summed E-state index contributed by atoms with van der Waals surface area (Å²) in [5, 5.41) is 5.84. The summed E-state index contributed by atoms with van der Waals surface area (Å²) in [5.41, 5.74) is 4.60. The zero-order valence-corrected chi connectivity index (χ0v) is 19.1. The molecule has 170 valence electrons. The van der Waals surface area contributed by atoms with E-state index in [-0.39, 0.29) is 11.6 Å². The fourth-order valence-electron chi connectivity index (χ4n) is 3.55. The minimum absolute atomic E-state index is 0.0913. The summed E-state index contributed by atoms with van der Waals surface area (Å²) in [6.07, 6.45) is 3.04. The fourth-order valence-corrected chi connectivity index (χ4v) is 3.55. The highest BCUT2D eigenvalue weighted by molar-refractivity contribution is 6.05. The quantitative estimate of drug-likeness (QED) is 0.362. The molecular formula is C29H26N2O3. The summed E-state index contributed by atoms with van der Waals surface area (Å²) < 4.78 is 5.40. The van der Waals surface area contributed by atoms with E-state index in [1.165, 1.54) is 12.3 Å². The molecule has 34 heavy (non-hydrogen) atoms. The van der Waals surface area contributed by atoms with Crippen LogP contribution in [0.15, 0.2) is 107 Å². The molecule has 0 saturated carbocycles. The Balaban J connectivity index is 1.64. The van der Waals surface area contributed by atoms with Crippen LogP contribution >= 0.6 is 0 Å². The Hall–Kier alpha value is -4.38. The van der Waals surface area contributed by atoms with Crippen molar-refractivity contribution in [2.24, 2.45) is 0 Å². The number of aryl methyl sites for hydroxylation is 2. The zero-order chi connectivity index (χ0) is 23.9. The van der Waals surface area contributed by atoms with E-state index in [1.807, 2.05) is 80.6 Å². The lowest BCUT2D eigenvalue weighted by Crippen LogP contribution is -2.37. The van der Waals surface area contributed by atoms with Gasteiger partial charge in [-0.1, -0.05) is 77.9 Å². The normalized spacial score (nSPS) is 12.1. The Bertz CT molecular complexity index is 1270. The first-order valence-corrected chi connectivity index (χ1v) is 11.1. The van der Waals surface area contributed by atoms with Gasteiger partial charge in [0.05, 0.1) is 12.3 Å². The van der Waals surface area contributed by atoms with Gasteiger partial charge in [0, 0.05) is 11.6 Å². The monoisotopic (exact) mass is 450 g/mol. The molecule has 0 aliphatic heterocycles. The smallest absolute Gasteiger partial charge is 0.268 e. The lowest BCUT2D eigenvalue weighted by molar-refractivity contribution is -0.118. The molecule has 1 atom stereocenters. The Morgan fingerprint density at radius 2 is 1.38 bits per heavy atom. The molecule has 0 bridgehead atoms. The number of carbonyl (C=O) groups excluding carboxylic acids is 2. The molecular weight excluding hydrogens is 424 g/mol. The van der Waals surface area contributed by atoms with E-state index in [0.29, 0.717) is 11.3 Å². The van der Waals surface area contributed by atoms with E-state index in [2.05, 4.69) is 10.6 Å². The van der Waals surface area contributed by atoms with Crippen LogP contribution in [-0.2, 0) is 4.79 Å². The third kappa shape index (κ3) is 5.70. The Morgan fingerprint density at radius 1 is 0.765 bits per heavy atom. The third-order valence-electron chi connectivity index (χ3n) is 5.46. The summed E-state index contributed by atoms with van der Waals surface area (Å²) in [6, 6.07) is 27.9. The lowest BCUT2D eigenvalue weighted by atomic mass is 9.97. The van der Waals surface area contributed by atoms with E-state index in [9.17, 15) is 9.59 Å². The zero-order valence-electron chi connectivity index (χ0n) is 19.1. The maximum atomic E-state index is 13.5. The number of furan rings is 1. The molecule has 0 fully saturated rings. The van der Waals surface area contributed by atoms with Crippen molar-refractivity contribution in [2.75, 3.05) is 0 Å². The van der Waals surface area contributed by atoms with Crippen LogP contribution in [0, 0.1) is 13.8 Å². The second kappa shape index (κ2) is 10.5. The van der Waals surface area contributed by atoms with Crippen molar-refractivity contribution in [3.8, 4) is 0 Å². The largest absolute Gasteiger partial charge is 0.465 e. The number of carbonyl (C=O) groups is 2. The van der Waals surface area contributed by atoms with E-state index in [1.54, 1.807) is 24.3 Å². The van der Waals surface area contributed by atoms with Crippen molar-refractivity contribution in [3.63, 3.8) is 0 Å². The standard InChI is InChI=1S/C29H26N2O3/c1-20-10-14-23(15-11-20)27(22-7-4-3-5-8-22)31-29(33)26(19-25-9-6-18-34-25)30-28(32)24-16-12-21(2)13-17-24/h3-19,27H,1-2H3,(H,30,32)(H,31,33)/b26-19-/t27-/m0/s1. The average molecular weight is 451 g/mol. The van der Waals surface area contributed by atoms with Gasteiger partial charge in [-0.3, -0.25) is 9.59 Å². The van der Waals surface area contributed by atoms with E-state index in [4.69, 9.17) is 4.42 Å². The summed E-state index contributed by atoms with van der Waals surface area (Å²) >= 11 is 0. The highest BCUT2D eigenvalue weighted by Crippen LogP contribution is 2.23. The van der Waals surface area contributed by atoms with Gasteiger partial charge >= 0.3 is 0 Å². The second-order valence-corrected chi connectivity index (χ2v) is 8.12. The maximum absolute atomic E-state index is 13.5. The van der Waals surface area contributed by atoms with Crippen LogP contribution in [-0.4, -0.2) is 11.8 Å². The van der Waals surface area contributed by atoms with Crippen molar-refractivity contribution in [1.82, 2.24) is 10.6 Å². The predicted molar refractivity (Wildman–Crippen MR) is 133 cm³/mol. The Labute approximate surface area is 199 Å². The molecule has 0 aliphatic rings. The van der Waals surface area contributed by atoms with Gasteiger partial charge in [-0.25, -0.2) is 0 Å². The highest BCUT2D eigenvalue weighted by Gasteiger charge is 2.21. The van der Waals surface area contributed by atoms with Crippen molar-refractivity contribution in [3.05, 3.63) is 137 Å². The van der Waals surface area contributed by atoms with Crippen molar-refractivity contribution in [2.45, 2.75) is 19.9 Å². The molecule has 0 spiro atoms. The van der Waals surface area contributed by atoms with Gasteiger partial charge in [0.1, 0.15) is 11.5 Å². The van der Waals surface area contributed by atoms with Crippen LogP contribution < -0.4 is 10.6 Å². The number of nitrogens with one attached hydrogen (secondary N) is 2. The SMILES string of the molecule is Cc1ccc(C(=O)N/C(=C\c2ccco2)C(=O)N[C@@H](c2ccccc2)c2ccc(C)cc2)cc1. The Morgan fingerprint density at radius 3 is 2.00 bits per heavy atom. The molecule has 3 aromatic carbocycles. The van der Waals surface area contributed by atoms with Gasteiger partial charge in [-0.2, -0.15) is 0 Å². The maximum Gasteiger partial charge on any atom is 0.268 e. The number of hydrogen-bond donors (Lipinski definition) is 2. The highest BCUT2D eigenvalue weighted by atomic mass is 16.3. The van der Waals surface area contributed by atoms with Crippen LogP contribution in [0.2, 0.25) is 0 Å². The van der Waals surface area contributed by atoms with Crippen molar-refractivity contribution < 1.29 is 14.0 Å². The molecule has 4 aromatic rings. The number of rotatable bonds is 7. The van der Waals surface area contributed by atoms with Crippen LogP contribution in [0.1, 0.15) is 44.4 Å². The molecule has 2 N–H and O–H groups in total. The molecule has 0 aliphatic carbocycles. The van der Waals surface area contributed by atoms with Crippen LogP contribution in [0.5, 0.6) is 0 Å². The number of amides is 2. The average Bonchev–Trinajstić information content (AvgIpc) is 3.37. The lowest BCUT2D eigenvalue weighted by Gasteiger charge is -2.21. The molecule has 1 heterocycles. The molecule has 2 amide bonds. The van der Waals surface area contributed by atoms with Gasteiger partial charge in [-0.15, -0.1) is 0 Å². The van der Waals surface area contributed by atoms with Crippen LogP contribution in [0.25, 0.3) is 6.08 Å². The van der Waals surface area contributed by atoms with E-state index in [0.717, 1.165) is 22.3 Å². The molecule has 4 rings (SSSR count). The second-order valence-electron chi connectivity index (χ2n) is 8.12. The molecule has 0 saturated heterocycles. The minimum Gasteiger partial charge on any atom is -0.465 e. The molecule has 5 nitrogen and oxygen atoms in total. The molecule has 0 unspecified atom stereocenters. The first kappa shape index (κ1) is 22.8.